The Balaban J connectivity index is 2.69. The normalized spacial score (nSPS) is 11.4. The molecule has 0 saturated heterocycles. The number of allylic oxidation sites excluding steroid dienone is 1. The van der Waals surface area contributed by atoms with E-state index >= 15 is 0 Å². The van der Waals surface area contributed by atoms with Crippen LogP contribution in [0.15, 0.2) is 30.9 Å². The van der Waals surface area contributed by atoms with Crippen LogP contribution in [-0.4, -0.2) is 12.1 Å². The molecule has 0 heterocycles. The topological polar surface area (TPSA) is 21.3 Å². The van der Waals surface area contributed by atoms with Crippen molar-refractivity contribution in [3.05, 3.63) is 42.0 Å². The summed E-state index contributed by atoms with van der Waals surface area (Å²) < 4.78 is 5.95. The van der Waals surface area contributed by atoms with Crippen LogP contribution in [0.25, 0.3) is 0 Å². The van der Waals surface area contributed by atoms with Crippen LogP contribution in [0.5, 0.6) is 5.75 Å². The SMILES string of the molecule is C=CCCCOc1c(C)cccc1CNC(C)(C)C. The lowest BCUT2D eigenvalue weighted by molar-refractivity contribution is 0.304. The molecule has 19 heavy (non-hydrogen) atoms. The number of unbranched alkanes of at least 4 members (excludes halogenated alkanes) is 1. The van der Waals surface area contributed by atoms with E-state index in [-0.39, 0.29) is 5.54 Å². The summed E-state index contributed by atoms with van der Waals surface area (Å²) in [4.78, 5) is 0. The van der Waals surface area contributed by atoms with Gasteiger partial charge in [0.2, 0.25) is 0 Å². The van der Waals surface area contributed by atoms with Crippen LogP contribution in [0.3, 0.4) is 0 Å². The monoisotopic (exact) mass is 261 g/mol. The predicted octanol–water partition coefficient (Wildman–Crippen LogP) is 4.23. The summed E-state index contributed by atoms with van der Waals surface area (Å²) in [6.07, 6.45) is 3.95. The van der Waals surface area contributed by atoms with Gasteiger partial charge in [-0.1, -0.05) is 24.3 Å². The fourth-order valence-electron chi connectivity index (χ4n) is 1.82. The molecule has 0 amide bonds. The van der Waals surface area contributed by atoms with E-state index in [0.717, 1.165) is 31.7 Å². The highest BCUT2D eigenvalue weighted by Crippen LogP contribution is 2.24. The van der Waals surface area contributed by atoms with E-state index in [2.05, 4.69) is 57.8 Å². The molecule has 0 bridgehead atoms. The maximum atomic E-state index is 5.95. The zero-order chi connectivity index (χ0) is 14.3. The van der Waals surface area contributed by atoms with Gasteiger partial charge in [-0.05, 0) is 46.1 Å². The fourth-order valence-corrected chi connectivity index (χ4v) is 1.82. The van der Waals surface area contributed by atoms with Gasteiger partial charge in [0, 0.05) is 17.6 Å². The van der Waals surface area contributed by atoms with E-state index in [0.29, 0.717) is 0 Å². The van der Waals surface area contributed by atoms with Crippen molar-refractivity contribution in [3.63, 3.8) is 0 Å². The van der Waals surface area contributed by atoms with E-state index in [1.807, 2.05) is 6.08 Å². The lowest BCUT2D eigenvalue weighted by Crippen LogP contribution is -2.35. The van der Waals surface area contributed by atoms with E-state index < -0.39 is 0 Å². The number of rotatable bonds is 7. The zero-order valence-electron chi connectivity index (χ0n) is 12.8. The molecule has 1 N–H and O–H groups in total. The minimum absolute atomic E-state index is 0.115. The van der Waals surface area contributed by atoms with Crippen LogP contribution in [0, 0.1) is 6.92 Å². The van der Waals surface area contributed by atoms with Crippen molar-refractivity contribution in [2.24, 2.45) is 0 Å². The second-order valence-corrected chi connectivity index (χ2v) is 5.95. The lowest BCUT2D eigenvalue weighted by Gasteiger charge is -2.22. The first kappa shape index (κ1) is 15.8. The van der Waals surface area contributed by atoms with Gasteiger partial charge in [-0.15, -0.1) is 6.58 Å². The first-order valence-electron chi connectivity index (χ1n) is 7.01. The fraction of sp³-hybridized carbons (Fsp3) is 0.529. The van der Waals surface area contributed by atoms with E-state index in [1.165, 1.54) is 11.1 Å². The third-order valence-electron chi connectivity index (χ3n) is 2.90. The highest BCUT2D eigenvalue weighted by atomic mass is 16.5. The van der Waals surface area contributed by atoms with Gasteiger partial charge in [-0.25, -0.2) is 0 Å². The van der Waals surface area contributed by atoms with Gasteiger partial charge in [0.05, 0.1) is 6.61 Å². The molecule has 0 aliphatic carbocycles. The van der Waals surface area contributed by atoms with Gasteiger partial charge in [-0.2, -0.15) is 0 Å². The van der Waals surface area contributed by atoms with Crippen molar-refractivity contribution in [1.82, 2.24) is 5.32 Å². The molecule has 0 fully saturated rings. The number of ether oxygens (including phenoxy) is 1. The molecule has 0 spiro atoms. The third kappa shape index (κ3) is 5.93. The van der Waals surface area contributed by atoms with Gasteiger partial charge in [0.25, 0.3) is 0 Å². The molecule has 2 nitrogen and oxygen atoms in total. The summed E-state index contributed by atoms with van der Waals surface area (Å²) >= 11 is 0. The number of hydrogen-bond acceptors (Lipinski definition) is 2. The van der Waals surface area contributed by atoms with Crippen LogP contribution in [-0.2, 0) is 6.54 Å². The van der Waals surface area contributed by atoms with Gasteiger partial charge in [0.15, 0.2) is 0 Å². The summed E-state index contributed by atoms with van der Waals surface area (Å²) in [5.74, 6) is 1.03. The molecule has 0 aliphatic rings. The average molecular weight is 261 g/mol. The standard InChI is InChI=1S/C17H27NO/c1-6-7-8-12-19-16-14(2)10-9-11-15(16)13-18-17(3,4)5/h6,9-11,18H,1,7-8,12-13H2,2-5H3. The van der Waals surface area contributed by atoms with E-state index in [4.69, 9.17) is 4.74 Å². The second-order valence-electron chi connectivity index (χ2n) is 5.95. The first-order chi connectivity index (χ1) is 8.94. The molecule has 1 rings (SSSR count). The summed E-state index contributed by atoms with van der Waals surface area (Å²) in [6, 6.07) is 6.32. The van der Waals surface area contributed by atoms with Crippen molar-refractivity contribution >= 4 is 0 Å². The quantitative estimate of drug-likeness (QED) is 0.586. The third-order valence-corrected chi connectivity index (χ3v) is 2.90. The Morgan fingerprint density at radius 3 is 2.68 bits per heavy atom. The van der Waals surface area contributed by atoms with E-state index in [9.17, 15) is 0 Å². The molecular weight excluding hydrogens is 234 g/mol. The number of nitrogens with one attached hydrogen (secondary N) is 1. The molecule has 0 radical (unpaired) electrons. The Kier molecular flexibility index (Phi) is 6.10. The molecule has 0 aliphatic heterocycles. The Bertz CT molecular complexity index is 404. The zero-order valence-corrected chi connectivity index (χ0v) is 12.8. The van der Waals surface area contributed by atoms with Crippen LogP contribution in [0.1, 0.15) is 44.7 Å². The van der Waals surface area contributed by atoms with Crippen LogP contribution in [0.2, 0.25) is 0 Å². The van der Waals surface area contributed by atoms with Crippen molar-refractivity contribution in [2.45, 2.75) is 52.6 Å². The van der Waals surface area contributed by atoms with Crippen LogP contribution in [0.4, 0.5) is 0 Å². The average Bonchev–Trinajstić information content (AvgIpc) is 2.33. The Labute approximate surface area is 117 Å². The Morgan fingerprint density at radius 1 is 1.32 bits per heavy atom. The van der Waals surface area contributed by atoms with Crippen molar-refractivity contribution in [3.8, 4) is 5.75 Å². The molecular formula is C17H27NO. The number of aryl methyl sites for hydroxylation is 1. The number of para-hydroxylation sites is 1. The molecule has 1 aromatic rings. The van der Waals surface area contributed by atoms with Gasteiger partial charge >= 0.3 is 0 Å². The largest absolute Gasteiger partial charge is 0.493 e. The minimum atomic E-state index is 0.115. The van der Waals surface area contributed by atoms with Gasteiger partial charge < -0.3 is 10.1 Å². The highest BCUT2D eigenvalue weighted by Gasteiger charge is 2.12. The van der Waals surface area contributed by atoms with Crippen molar-refractivity contribution in [2.75, 3.05) is 6.61 Å². The second kappa shape index (κ2) is 7.34. The Morgan fingerprint density at radius 2 is 2.05 bits per heavy atom. The van der Waals surface area contributed by atoms with Crippen molar-refractivity contribution in [1.29, 1.82) is 0 Å². The molecule has 2 heteroatoms. The molecule has 0 unspecified atom stereocenters. The van der Waals surface area contributed by atoms with Gasteiger partial charge in [0.1, 0.15) is 5.75 Å². The maximum absolute atomic E-state index is 5.95. The molecule has 0 atom stereocenters. The smallest absolute Gasteiger partial charge is 0.126 e. The van der Waals surface area contributed by atoms with Crippen LogP contribution >= 0.6 is 0 Å². The lowest BCUT2D eigenvalue weighted by atomic mass is 10.1. The summed E-state index contributed by atoms with van der Waals surface area (Å²) in [5.41, 5.74) is 2.55. The summed E-state index contributed by atoms with van der Waals surface area (Å²) in [7, 11) is 0. The maximum Gasteiger partial charge on any atom is 0.126 e. The minimum Gasteiger partial charge on any atom is -0.493 e. The highest BCUT2D eigenvalue weighted by molar-refractivity contribution is 5.40. The Hall–Kier alpha value is -1.28. The number of benzene rings is 1. The summed E-state index contributed by atoms with van der Waals surface area (Å²) in [6.45, 7) is 13.9. The molecule has 1 aromatic carbocycles. The van der Waals surface area contributed by atoms with Gasteiger partial charge in [-0.3, -0.25) is 0 Å². The van der Waals surface area contributed by atoms with E-state index in [1.54, 1.807) is 0 Å². The summed E-state index contributed by atoms with van der Waals surface area (Å²) in [5, 5.41) is 3.51. The number of hydrogen-bond donors (Lipinski definition) is 1. The first-order valence-corrected chi connectivity index (χ1v) is 7.01. The van der Waals surface area contributed by atoms with Crippen molar-refractivity contribution < 1.29 is 4.74 Å². The molecule has 0 aromatic heterocycles. The predicted molar refractivity (Wildman–Crippen MR) is 82.7 cm³/mol. The molecule has 0 saturated carbocycles. The van der Waals surface area contributed by atoms with Crippen LogP contribution < -0.4 is 10.1 Å². The molecule has 106 valence electrons.